The normalized spacial score (nSPS) is 12.3. The first-order valence-corrected chi connectivity index (χ1v) is 10.7. The first kappa shape index (κ1) is 21.3. The summed E-state index contributed by atoms with van der Waals surface area (Å²) < 4.78 is 30.1. The summed E-state index contributed by atoms with van der Waals surface area (Å²) >= 11 is 0. The Bertz CT molecular complexity index is 430. The predicted octanol–water partition coefficient (Wildman–Crippen LogP) is 4.58. The molecule has 0 spiro atoms. The lowest BCUT2D eigenvalue weighted by Gasteiger charge is -2.23. The molecule has 0 heterocycles. The molecular formula is C19H33FO3Si. The van der Waals surface area contributed by atoms with Crippen molar-refractivity contribution >= 4 is 9.76 Å². The zero-order valence-corrected chi connectivity index (χ0v) is 17.0. The van der Waals surface area contributed by atoms with Crippen LogP contribution in [0.5, 0.6) is 0 Å². The molecule has 0 bridgehead atoms. The van der Waals surface area contributed by atoms with Crippen LogP contribution in [-0.4, -0.2) is 28.4 Å². The maximum Gasteiger partial charge on any atom is 0.262 e. The van der Waals surface area contributed by atoms with Gasteiger partial charge in [-0.1, -0.05) is 31.4 Å². The molecule has 5 heteroatoms. The van der Waals surface area contributed by atoms with E-state index < -0.39 is 16.2 Å². The van der Waals surface area contributed by atoms with Crippen molar-refractivity contribution in [2.45, 2.75) is 84.5 Å². The summed E-state index contributed by atoms with van der Waals surface area (Å²) in [6, 6.07) is 8.03. The fourth-order valence-corrected chi connectivity index (χ4v) is 3.46. The van der Waals surface area contributed by atoms with Gasteiger partial charge in [-0.2, -0.15) is 0 Å². The van der Waals surface area contributed by atoms with Gasteiger partial charge in [0.15, 0.2) is 9.76 Å². The molecular weight excluding hydrogens is 323 g/mol. The zero-order chi connectivity index (χ0) is 17.8. The third-order valence-corrected chi connectivity index (χ3v) is 4.82. The van der Waals surface area contributed by atoms with E-state index in [2.05, 4.69) is 0 Å². The van der Waals surface area contributed by atoms with Crippen molar-refractivity contribution in [1.29, 1.82) is 0 Å². The number of hydrogen-bond acceptors (Lipinski definition) is 3. The maximum absolute atomic E-state index is 13.1. The molecule has 138 valence electrons. The average Bonchev–Trinajstić information content (AvgIpc) is 2.48. The lowest BCUT2D eigenvalue weighted by Crippen LogP contribution is -2.28. The van der Waals surface area contributed by atoms with Gasteiger partial charge in [-0.05, 0) is 64.3 Å². The molecule has 0 saturated heterocycles. The standard InChI is InChI=1S/C19H33FO3Si/c1-15(2)21-19(22-16(3)4)23-24-13-8-6-5-7-10-17-11-9-12-18(20)14-17/h9,11-12,14-16,19H,5-8,10,13,24H2,1-4H3. The summed E-state index contributed by atoms with van der Waals surface area (Å²) in [5.41, 5.74) is 1.09. The highest BCUT2D eigenvalue weighted by atomic mass is 28.2. The van der Waals surface area contributed by atoms with Crippen LogP contribution in [0.15, 0.2) is 24.3 Å². The molecule has 0 amide bonds. The van der Waals surface area contributed by atoms with Crippen LogP contribution in [0.25, 0.3) is 0 Å². The van der Waals surface area contributed by atoms with Gasteiger partial charge in [-0.15, -0.1) is 0 Å². The molecule has 0 aliphatic carbocycles. The van der Waals surface area contributed by atoms with E-state index >= 15 is 0 Å². The molecule has 0 atom stereocenters. The predicted molar refractivity (Wildman–Crippen MR) is 99.2 cm³/mol. The Kier molecular flexibility index (Phi) is 11.2. The number of ether oxygens (including phenoxy) is 2. The van der Waals surface area contributed by atoms with E-state index in [1.807, 2.05) is 33.8 Å². The number of halogens is 1. The van der Waals surface area contributed by atoms with Crippen molar-refractivity contribution < 1.29 is 18.3 Å². The van der Waals surface area contributed by atoms with E-state index in [1.165, 1.54) is 25.3 Å². The van der Waals surface area contributed by atoms with Gasteiger partial charge in [0.05, 0.1) is 12.2 Å². The second kappa shape index (κ2) is 12.6. The van der Waals surface area contributed by atoms with Crippen LogP contribution < -0.4 is 0 Å². The van der Waals surface area contributed by atoms with E-state index in [0.717, 1.165) is 24.4 Å². The molecule has 1 aromatic rings. The topological polar surface area (TPSA) is 27.7 Å². The molecule has 0 N–H and O–H groups in total. The summed E-state index contributed by atoms with van der Waals surface area (Å²) in [4.78, 5) is 0. The summed E-state index contributed by atoms with van der Waals surface area (Å²) in [5.74, 6) is -0.141. The Labute approximate surface area is 148 Å². The second-order valence-corrected chi connectivity index (χ2v) is 8.13. The fourth-order valence-electron chi connectivity index (χ4n) is 2.39. The van der Waals surface area contributed by atoms with Crippen molar-refractivity contribution in [1.82, 2.24) is 0 Å². The summed E-state index contributed by atoms with van der Waals surface area (Å²) in [5, 5.41) is 0. The average molecular weight is 357 g/mol. The SMILES string of the molecule is CC(C)OC(O[SiH2]CCCCCCc1cccc(F)c1)OC(C)C. The Balaban J connectivity index is 2.04. The fraction of sp³-hybridized carbons (Fsp3) is 0.684. The third kappa shape index (κ3) is 10.9. The number of unbranched alkanes of at least 4 members (excludes halogenated alkanes) is 3. The Morgan fingerprint density at radius 2 is 1.62 bits per heavy atom. The highest BCUT2D eigenvalue weighted by Gasteiger charge is 2.13. The number of benzene rings is 1. The van der Waals surface area contributed by atoms with Crippen LogP contribution >= 0.6 is 0 Å². The summed E-state index contributed by atoms with van der Waals surface area (Å²) in [6.45, 7) is 7.44. The smallest absolute Gasteiger partial charge is 0.262 e. The Morgan fingerprint density at radius 3 is 2.25 bits per heavy atom. The highest BCUT2D eigenvalue weighted by molar-refractivity contribution is 6.27. The largest absolute Gasteiger partial charge is 0.379 e. The molecule has 0 unspecified atom stereocenters. The van der Waals surface area contributed by atoms with Crippen LogP contribution in [0, 0.1) is 5.82 Å². The van der Waals surface area contributed by atoms with Crippen molar-refractivity contribution in [2.75, 3.05) is 0 Å². The van der Waals surface area contributed by atoms with E-state index in [0.29, 0.717) is 0 Å². The van der Waals surface area contributed by atoms with E-state index in [1.54, 1.807) is 12.1 Å². The van der Waals surface area contributed by atoms with Gasteiger partial charge in [0.1, 0.15) is 5.82 Å². The van der Waals surface area contributed by atoms with Crippen molar-refractivity contribution in [3.8, 4) is 0 Å². The third-order valence-electron chi connectivity index (χ3n) is 3.52. The van der Waals surface area contributed by atoms with Crippen LogP contribution in [0.2, 0.25) is 6.04 Å². The van der Waals surface area contributed by atoms with Gasteiger partial charge < -0.3 is 13.9 Å². The molecule has 0 aliphatic rings. The van der Waals surface area contributed by atoms with E-state index in [9.17, 15) is 4.39 Å². The van der Waals surface area contributed by atoms with Gasteiger partial charge in [0, 0.05) is 0 Å². The Hall–Kier alpha value is -0.753. The van der Waals surface area contributed by atoms with Crippen LogP contribution in [0.1, 0.15) is 58.9 Å². The van der Waals surface area contributed by atoms with Gasteiger partial charge in [-0.3, -0.25) is 0 Å². The van der Waals surface area contributed by atoms with Crippen molar-refractivity contribution in [3.05, 3.63) is 35.6 Å². The van der Waals surface area contributed by atoms with Crippen LogP contribution in [-0.2, 0) is 20.3 Å². The molecule has 0 fully saturated rings. The first-order valence-electron chi connectivity index (χ1n) is 9.14. The molecule has 0 saturated carbocycles. The minimum Gasteiger partial charge on any atom is -0.379 e. The Morgan fingerprint density at radius 1 is 0.958 bits per heavy atom. The highest BCUT2D eigenvalue weighted by Crippen LogP contribution is 2.11. The number of hydrogen-bond donors (Lipinski definition) is 0. The van der Waals surface area contributed by atoms with Crippen molar-refractivity contribution in [3.63, 3.8) is 0 Å². The minimum atomic E-state index is -0.612. The maximum atomic E-state index is 13.1. The van der Waals surface area contributed by atoms with E-state index in [-0.39, 0.29) is 18.0 Å². The van der Waals surface area contributed by atoms with Gasteiger partial charge in [0.25, 0.3) is 6.48 Å². The molecule has 0 aliphatic heterocycles. The van der Waals surface area contributed by atoms with Gasteiger partial charge in [0.2, 0.25) is 0 Å². The number of rotatable bonds is 13. The minimum absolute atomic E-state index is 0.102. The molecule has 1 aromatic carbocycles. The van der Waals surface area contributed by atoms with Gasteiger partial charge in [-0.25, -0.2) is 4.39 Å². The van der Waals surface area contributed by atoms with Gasteiger partial charge >= 0.3 is 0 Å². The van der Waals surface area contributed by atoms with E-state index in [4.69, 9.17) is 13.9 Å². The molecule has 0 radical (unpaired) electrons. The quantitative estimate of drug-likeness (QED) is 0.294. The first-order chi connectivity index (χ1) is 11.5. The van der Waals surface area contributed by atoms with Crippen LogP contribution in [0.3, 0.4) is 0 Å². The lowest BCUT2D eigenvalue weighted by atomic mass is 10.1. The lowest BCUT2D eigenvalue weighted by molar-refractivity contribution is -0.275. The van der Waals surface area contributed by atoms with Crippen molar-refractivity contribution in [2.24, 2.45) is 0 Å². The molecule has 0 aromatic heterocycles. The summed E-state index contributed by atoms with van der Waals surface area (Å²) in [7, 11) is -0.612. The zero-order valence-electron chi connectivity index (χ0n) is 15.6. The second-order valence-electron chi connectivity index (χ2n) is 6.68. The molecule has 3 nitrogen and oxygen atoms in total. The molecule has 24 heavy (non-hydrogen) atoms. The monoisotopic (exact) mass is 356 g/mol. The molecule has 1 rings (SSSR count). The van der Waals surface area contributed by atoms with Crippen LogP contribution in [0.4, 0.5) is 4.39 Å². The summed E-state index contributed by atoms with van der Waals surface area (Å²) in [6.07, 6.45) is 5.84. The number of aryl methyl sites for hydroxylation is 1.